The Labute approximate surface area is 153 Å². The van der Waals surface area contributed by atoms with Gasteiger partial charge >= 0.3 is 5.97 Å². The van der Waals surface area contributed by atoms with Crippen LogP contribution in [0.4, 0.5) is 0 Å². The lowest BCUT2D eigenvalue weighted by Gasteiger charge is -2.16. The zero-order chi connectivity index (χ0) is 15.9. The fourth-order valence-electron chi connectivity index (χ4n) is 2.10. The predicted molar refractivity (Wildman–Crippen MR) is 104 cm³/mol. The number of hydrogen-bond donors (Lipinski definition) is 2. The van der Waals surface area contributed by atoms with E-state index in [0.29, 0.717) is 12.3 Å². The van der Waals surface area contributed by atoms with E-state index in [2.05, 4.69) is 34.2 Å². The molecule has 0 spiro atoms. The van der Waals surface area contributed by atoms with E-state index in [0.717, 1.165) is 44.7 Å². The quantitative estimate of drug-likeness (QED) is 0.175. The number of carbonyl (C=O) groups is 1. The molecule has 0 aromatic rings. The third-order valence-electron chi connectivity index (χ3n) is 3.76. The van der Waals surface area contributed by atoms with E-state index in [1.807, 2.05) is 0 Å². The summed E-state index contributed by atoms with van der Waals surface area (Å²) in [6, 6.07) is 0. The summed E-state index contributed by atoms with van der Waals surface area (Å²) < 4.78 is 4.61. The highest BCUT2D eigenvalue weighted by molar-refractivity contribution is 14.0. The van der Waals surface area contributed by atoms with Gasteiger partial charge in [0.05, 0.1) is 7.11 Å². The number of methoxy groups -OCH3 is 1. The summed E-state index contributed by atoms with van der Waals surface area (Å²) in [4.78, 5) is 15.2. The average Bonchev–Trinajstić information content (AvgIpc) is 2.52. The van der Waals surface area contributed by atoms with Crippen molar-refractivity contribution in [3.8, 4) is 0 Å². The van der Waals surface area contributed by atoms with Crippen molar-refractivity contribution in [3.05, 3.63) is 0 Å². The van der Waals surface area contributed by atoms with Crippen LogP contribution in [0.1, 0.15) is 58.8 Å². The van der Waals surface area contributed by atoms with Gasteiger partial charge in [0.15, 0.2) is 5.96 Å². The summed E-state index contributed by atoms with van der Waals surface area (Å²) in [5.74, 6) is 1.48. The van der Waals surface area contributed by atoms with Crippen LogP contribution in [-0.2, 0) is 9.53 Å². The van der Waals surface area contributed by atoms with Gasteiger partial charge in [0.2, 0.25) is 0 Å². The van der Waals surface area contributed by atoms with Crippen molar-refractivity contribution >= 4 is 35.9 Å². The number of guanidine groups is 1. The topological polar surface area (TPSA) is 62.7 Å². The number of rotatable bonds is 11. The highest BCUT2D eigenvalue weighted by atomic mass is 127. The first-order valence-corrected chi connectivity index (χ1v) is 8.19. The Balaban J connectivity index is 0. The molecule has 0 aromatic heterocycles. The van der Waals surface area contributed by atoms with Crippen LogP contribution in [0.25, 0.3) is 0 Å². The number of carbonyl (C=O) groups excluding carboxylic acids is 1. The lowest BCUT2D eigenvalue weighted by atomic mass is 10.0. The monoisotopic (exact) mass is 427 g/mol. The first-order chi connectivity index (χ1) is 10.2. The van der Waals surface area contributed by atoms with Crippen LogP contribution in [0.15, 0.2) is 4.99 Å². The lowest BCUT2D eigenvalue weighted by Crippen LogP contribution is -2.40. The van der Waals surface area contributed by atoms with E-state index in [9.17, 15) is 4.79 Å². The minimum absolute atomic E-state index is 0. The van der Waals surface area contributed by atoms with Gasteiger partial charge in [-0.05, 0) is 18.8 Å². The van der Waals surface area contributed by atoms with Gasteiger partial charge in [0.25, 0.3) is 0 Å². The first kappa shape index (κ1) is 23.7. The number of aliphatic imine (C=N–C) groups is 1. The Bertz CT molecular complexity index is 295. The summed E-state index contributed by atoms with van der Waals surface area (Å²) in [7, 11) is 3.24. The number of nitrogens with one attached hydrogen (secondary N) is 2. The molecule has 0 aliphatic rings. The van der Waals surface area contributed by atoms with Gasteiger partial charge < -0.3 is 15.4 Å². The fourth-order valence-corrected chi connectivity index (χ4v) is 2.10. The van der Waals surface area contributed by atoms with Crippen LogP contribution in [0.3, 0.4) is 0 Å². The molecule has 0 saturated carbocycles. The molecule has 0 heterocycles. The number of hydrogen-bond acceptors (Lipinski definition) is 3. The Morgan fingerprint density at radius 2 is 1.73 bits per heavy atom. The largest absolute Gasteiger partial charge is 0.469 e. The Morgan fingerprint density at radius 1 is 1.09 bits per heavy atom. The molecule has 6 heteroatoms. The number of unbranched alkanes of at least 4 members (excludes halogenated alkanes) is 3. The SMILES string of the molecule is CCC(CC)CNC(=NC)NCCCCCCC(=O)OC.I. The van der Waals surface area contributed by atoms with E-state index < -0.39 is 0 Å². The van der Waals surface area contributed by atoms with Crippen molar-refractivity contribution in [2.24, 2.45) is 10.9 Å². The molecule has 5 nitrogen and oxygen atoms in total. The average molecular weight is 427 g/mol. The van der Waals surface area contributed by atoms with E-state index >= 15 is 0 Å². The highest BCUT2D eigenvalue weighted by Gasteiger charge is 2.04. The second-order valence-electron chi connectivity index (χ2n) is 5.30. The van der Waals surface area contributed by atoms with E-state index in [1.54, 1.807) is 7.05 Å². The van der Waals surface area contributed by atoms with Gasteiger partial charge in [0.1, 0.15) is 0 Å². The molecule has 0 bridgehead atoms. The van der Waals surface area contributed by atoms with Crippen molar-refractivity contribution in [2.45, 2.75) is 58.8 Å². The van der Waals surface area contributed by atoms with Crippen LogP contribution >= 0.6 is 24.0 Å². The van der Waals surface area contributed by atoms with Crippen LogP contribution in [0.5, 0.6) is 0 Å². The van der Waals surface area contributed by atoms with Crippen molar-refractivity contribution in [1.82, 2.24) is 10.6 Å². The van der Waals surface area contributed by atoms with Gasteiger partial charge in [-0.25, -0.2) is 0 Å². The van der Waals surface area contributed by atoms with E-state index in [-0.39, 0.29) is 29.9 Å². The van der Waals surface area contributed by atoms with Crippen molar-refractivity contribution in [2.75, 3.05) is 27.2 Å². The predicted octanol–water partition coefficient (Wildman–Crippen LogP) is 3.33. The second kappa shape index (κ2) is 16.8. The molecule has 0 aliphatic heterocycles. The summed E-state index contributed by atoms with van der Waals surface area (Å²) in [6.45, 7) is 6.34. The normalized spacial score (nSPS) is 11.0. The van der Waals surface area contributed by atoms with Gasteiger partial charge in [0, 0.05) is 26.6 Å². The molecule has 0 radical (unpaired) electrons. The molecule has 22 heavy (non-hydrogen) atoms. The number of ether oxygens (including phenoxy) is 1. The van der Waals surface area contributed by atoms with E-state index in [1.165, 1.54) is 20.0 Å². The third-order valence-corrected chi connectivity index (χ3v) is 3.76. The molecule has 0 unspecified atom stereocenters. The molecular formula is C16H34IN3O2. The Hall–Kier alpha value is -0.530. The van der Waals surface area contributed by atoms with Crippen molar-refractivity contribution in [1.29, 1.82) is 0 Å². The maximum atomic E-state index is 10.9. The van der Waals surface area contributed by atoms with Crippen LogP contribution < -0.4 is 10.6 Å². The maximum absolute atomic E-state index is 10.9. The summed E-state index contributed by atoms with van der Waals surface area (Å²) >= 11 is 0. The standard InChI is InChI=1S/C16H33N3O2.HI/c1-5-14(6-2)13-19-16(17-3)18-12-10-8-7-9-11-15(20)21-4;/h14H,5-13H2,1-4H3,(H2,17,18,19);1H. The second-order valence-corrected chi connectivity index (χ2v) is 5.30. The minimum Gasteiger partial charge on any atom is -0.469 e. The van der Waals surface area contributed by atoms with Crippen LogP contribution in [0, 0.1) is 5.92 Å². The number of esters is 1. The third kappa shape index (κ3) is 13.2. The molecule has 2 N–H and O–H groups in total. The van der Waals surface area contributed by atoms with Gasteiger partial charge in [-0.2, -0.15) is 0 Å². The first-order valence-electron chi connectivity index (χ1n) is 8.19. The molecule has 0 aromatic carbocycles. The Kier molecular flexibility index (Phi) is 18.2. The maximum Gasteiger partial charge on any atom is 0.305 e. The zero-order valence-electron chi connectivity index (χ0n) is 14.6. The lowest BCUT2D eigenvalue weighted by molar-refractivity contribution is -0.140. The molecule has 0 rings (SSSR count). The Morgan fingerprint density at radius 3 is 2.27 bits per heavy atom. The summed E-state index contributed by atoms with van der Waals surface area (Å²) in [6.07, 6.45) is 7.11. The van der Waals surface area contributed by atoms with Crippen LogP contribution in [0.2, 0.25) is 0 Å². The fraction of sp³-hybridized carbons (Fsp3) is 0.875. The zero-order valence-corrected chi connectivity index (χ0v) is 16.9. The summed E-state index contributed by atoms with van der Waals surface area (Å²) in [5.41, 5.74) is 0. The minimum atomic E-state index is -0.112. The highest BCUT2D eigenvalue weighted by Crippen LogP contribution is 2.05. The van der Waals surface area contributed by atoms with Crippen molar-refractivity contribution < 1.29 is 9.53 Å². The smallest absolute Gasteiger partial charge is 0.305 e. The number of halogens is 1. The van der Waals surface area contributed by atoms with Gasteiger partial charge in [-0.15, -0.1) is 24.0 Å². The molecular weight excluding hydrogens is 393 g/mol. The summed E-state index contributed by atoms with van der Waals surface area (Å²) in [5, 5.41) is 6.70. The number of nitrogens with zero attached hydrogens (tertiary/aromatic N) is 1. The molecule has 0 fully saturated rings. The van der Waals surface area contributed by atoms with Crippen LogP contribution in [-0.4, -0.2) is 39.2 Å². The van der Waals surface area contributed by atoms with Gasteiger partial charge in [-0.1, -0.05) is 39.5 Å². The molecule has 0 saturated heterocycles. The molecule has 0 atom stereocenters. The van der Waals surface area contributed by atoms with E-state index in [4.69, 9.17) is 0 Å². The molecule has 0 amide bonds. The van der Waals surface area contributed by atoms with Crippen molar-refractivity contribution in [3.63, 3.8) is 0 Å². The molecule has 0 aliphatic carbocycles. The van der Waals surface area contributed by atoms with Gasteiger partial charge in [-0.3, -0.25) is 9.79 Å². The molecule has 132 valence electrons.